The van der Waals surface area contributed by atoms with Crippen LogP contribution in [0.15, 0.2) is 66.2 Å². The van der Waals surface area contributed by atoms with E-state index in [1.807, 2.05) is 6.07 Å². The zero-order valence-electron chi connectivity index (χ0n) is 16.9. The molecule has 8 heteroatoms. The van der Waals surface area contributed by atoms with E-state index < -0.39 is 5.91 Å². The number of anilines is 1. The van der Waals surface area contributed by atoms with Gasteiger partial charge in [-0.1, -0.05) is 47.5 Å². The molecule has 1 N–H and O–H groups in total. The Hall–Kier alpha value is -3.53. The highest BCUT2D eigenvalue weighted by Crippen LogP contribution is 2.37. The number of hydrogen-bond donors (Lipinski definition) is 1. The highest BCUT2D eigenvalue weighted by atomic mass is 35.5. The van der Waals surface area contributed by atoms with E-state index in [0.717, 1.165) is 0 Å². The fraction of sp³-hybridized carbons (Fsp3) is 0.0833. The number of para-hydroxylation sites is 1. The van der Waals surface area contributed by atoms with Crippen LogP contribution in [0.3, 0.4) is 0 Å². The number of nitriles is 1. The highest BCUT2D eigenvalue weighted by Gasteiger charge is 2.15. The van der Waals surface area contributed by atoms with Crippen molar-refractivity contribution in [2.75, 3.05) is 12.4 Å². The van der Waals surface area contributed by atoms with Gasteiger partial charge in [-0.15, -0.1) is 0 Å². The lowest BCUT2D eigenvalue weighted by molar-refractivity contribution is -0.112. The minimum Gasteiger partial charge on any atom is -0.493 e. The summed E-state index contributed by atoms with van der Waals surface area (Å²) in [5.74, 6) is -0.440. The van der Waals surface area contributed by atoms with Gasteiger partial charge in [-0.25, -0.2) is 4.39 Å². The Kier molecular flexibility index (Phi) is 7.72. The molecule has 0 spiro atoms. The first-order valence-corrected chi connectivity index (χ1v) is 10.1. The van der Waals surface area contributed by atoms with Gasteiger partial charge in [0, 0.05) is 0 Å². The van der Waals surface area contributed by atoms with Gasteiger partial charge in [0.1, 0.15) is 24.1 Å². The maximum atomic E-state index is 13.4. The van der Waals surface area contributed by atoms with Crippen LogP contribution in [0.25, 0.3) is 6.08 Å². The van der Waals surface area contributed by atoms with Crippen molar-refractivity contribution in [3.63, 3.8) is 0 Å². The average molecular weight is 471 g/mol. The van der Waals surface area contributed by atoms with Crippen molar-refractivity contribution >= 4 is 40.9 Å². The summed E-state index contributed by atoms with van der Waals surface area (Å²) in [7, 11) is 1.43. The van der Waals surface area contributed by atoms with E-state index in [-0.39, 0.29) is 28.8 Å². The number of methoxy groups -OCH3 is 1. The maximum Gasteiger partial charge on any atom is 0.266 e. The first-order chi connectivity index (χ1) is 15.4. The predicted molar refractivity (Wildman–Crippen MR) is 122 cm³/mol. The molecule has 32 heavy (non-hydrogen) atoms. The lowest BCUT2D eigenvalue weighted by Crippen LogP contribution is -2.13. The number of amides is 1. The van der Waals surface area contributed by atoms with Crippen LogP contribution in [0.4, 0.5) is 10.1 Å². The van der Waals surface area contributed by atoms with Crippen LogP contribution in [0.1, 0.15) is 11.1 Å². The van der Waals surface area contributed by atoms with Gasteiger partial charge >= 0.3 is 0 Å². The normalized spacial score (nSPS) is 10.9. The Balaban J connectivity index is 1.83. The number of hydrogen-bond acceptors (Lipinski definition) is 4. The second kappa shape index (κ2) is 10.7. The van der Waals surface area contributed by atoms with E-state index in [1.165, 1.54) is 31.4 Å². The van der Waals surface area contributed by atoms with Gasteiger partial charge in [0.15, 0.2) is 11.5 Å². The van der Waals surface area contributed by atoms with Gasteiger partial charge in [-0.3, -0.25) is 4.79 Å². The lowest BCUT2D eigenvalue weighted by Gasteiger charge is -2.14. The molecule has 1 amide bonds. The third kappa shape index (κ3) is 5.79. The molecular weight excluding hydrogens is 454 g/mol. The summed E-state index contributed by atoms with van der Waals surface area (Å²) in [4.78, 5) is 12.5. The first kappa shape index (κ1) is 23.1. The summed E-state index contributed by atoms with van der Waals surface area (Å²) in [6.07, 6.45) is 1.37. The number of nitrogens with zero attached hydrogens (tertiary/aromatic N) is 1. The van der Waals surface area contributed by atoms with Crippen molar-refractivity contribution in [1.82, 2.24) is 0 Å². The molecule has 3 rings (SSSR count). The molecule has 3 aromatic carbocycles. The first-order valence-electron chi connectivity index (χ1n) is 9.33. The number of carbonyl (C=O) groups excluding carboxylic acids is 1. The molecule has 0 aliphatic heterocycles. The molecule has 0 saturated carbocycles. The minimum atomic E-state index is -0.623. The van der Waals surface area contributed by atoms with Crippen molar-refractivity contribution in [3.05, 3.63) is 93.2 Å². The van der Waals surface area contributed by atoms with Gasteiger partial charge in [0.25, 0.3) is 5.91 Å². The second-order valence-corrected chi connectivity index (χ2v) is 7.37. The molecule has 0 aliphatic carbocycles. The molecule has 0 saturated heterocycles. The summed E-state index contributed by atoms with van der Waals surface area (Å²) >= 11 is 12.4. The Morgan fingerprint density at radius 1 is 1.12 bits per heavy atom. The quantitative estimate of drug-likeness (QED) is 0.326. The number of carbonyl (C=O) groups is 1. The second-order valence-electron chi connectivity index (χ2n) is 6.56. The fourth-order valence-corrected chi connectivity index (χ4v) is 3.27. The van der Waals surface area contributed by atoms with E-state index in [2.05, 4.69) is 5.32 Å². The number of ether oxygens (including phenoxy) is 2. The smallest absolute Gasteiger partial charge is 0.266 e. The van der Waals surface area contributed by atoms with Gasteiger partial charge in [-0.2, -0.15) is 5.26 Å². The monoisotopic (exact) mass is 470 g/mol. The highest BCUT2D eigenvalue weighted by molar-refractivity contribution is 6.34. The third-order valence-electron chi connectivity index (χ3n) is 4.32. The maximum absolute atomic E-state index is 13.4. The SMILES string of the molecule is COc1cc(/C=C(\C#N)C(=O)Nc2ccccc2Cl)cc(Cl)c1OCc1cccc(F)c1. The van der Waals surface area contributed by atoms with Crippen LogP contribution < -0.4 is 14.8 Å². The van der Waals surface area contributed by atoms with E-state index in [4.69, 9.17) is 32.7 Å². The molecule has 0 fully saturated rings. The van der Waals surface area contributed by atoms with Crippen LogP contribution in [0.2, 0.25) is 10.0 Å². The van der Waals surface area contributed by atoms with Crippen LogP contribution in [-0.2, 0) is 11.4 Å². The molecule has 0 radical (unpaired) electrons. The van der Waals surface area contributed by atoms with Crippen molar-refractivity contribution in [3.8, 4) is 17.6 Å². The van der Waals surface area contributed by atoms with Gasteiger partial charge in [0.2, 0.25) is 0 Å². The summed E-state index contributed by atoms with van der Waals surface area (Å²) in [5.41, 5.74) is 1.31. The molecule has 0 aliphatic rings. The average Bonchev–Trinajstić information content (AvgIpc) is 2.77. The largest absolute Gasteiger partial charge is 0.493 e. The predicted octanol–water partition coefficient (Wildman–Crippen LogP) is 6.27. The van der Waals surface area contributed by atoms with Gasteiger partial charge < -0.3 is 14.8 Å². The van der Waals surface area contributed by atoms with Crippen LogP contribution in [0, 0.1) is 17.1 Å². The molecule has 0 heterocycles. The number of benzene rings is 3. The van der Waals surface area contributed by atoms with Crippen molar-refractivity contribution in [2.24, 2.45) is 0 Å². The fourth-order valence-electron chi connectivity index (χ4n) is 2.81. The molecule has 0 bridgehead atoms. The van der Waals surface area contributed by atoms with Crippen LogP contribution in [0.5, 0.6) is 11.5 Å². The molecule has 162 valence electrons. The van der Waals surface area contributed by atoms with Crippen molar-refractivity contribution < 1.29 is 18.7 Å². The zero-order chi connectivity index (χ0) is 23.1. The molecule has 0 aromatic heterocycles. The van der Waals surface area contributed by atoms with E-state index in [1.54, 1.807) is 42.5 Å². The van der Waals surface area contributed by atoms with Crippen molar-refractivity contribution in [2.45, 2.75) is 6.61 Å². The minimum absolute atomic E-state index is 0.0761. The van der Waals surface area contributed by atoms with Crippen LogP contribution in [-0.4, -0.2) is 13.0 Å². The molecule has 5 nitrogen and oxygen atoms in total. The summed E-state index contributed by atoms with van der Waals surface area (Å²) in [6.45, 7) is 0.0761. The Morgan fingerprint density at radius 2 is 1.91 bits per heavy atom. The molecule has 0 atom stereocenters. The van der Waals surface area contributed by atoms with E-state index in [9.17, 15) is 14.4 Å². The Morgan fingerprint density at radius 3 is 2.59 bits per heavy atom. The topological polar surface area (TPSA) is 71.3 Å². The number of halogens is 3. The van der Waals surface area contributed by atoms with Gasteiger partial charge in [-0.05, 0) is 53.6 Å². The standard InChI is InChI=1S/C24H17Cl2FN2O3/c1-31-22-12-16(9-17(13-28)24(30)29-21-8-3-2-7-19(21)25)11-20(26)23(22)32-14-15-5-4-6-18(27)10-15/h2-12H,14H2,1H3,(H,29,30)/b17-9+. The number of rotatable bonds is 7. The summed E-state index contributed by atoms with van der Waals surface area (Å²) < 4.78 is 24.4. The van der Waals surface area contributed by atoms with E-state index in [0.29, 0.717) is 27.6 Å². The molecular formula is C24H17Cl2FN2O3. The Labute approximate surface area is 194 Å². The third-order valence-corrected chi connectivity index (χ3v) is 4.93. The molecule has 0 unspecified atom stereocenters. The lowest BCUT2D eigenvalue weighted by atomic mass is 10.1. The summed E-state index contributed by atoms with van der Waals surface area (Å²) in [5, 5.41) is 12.6. The van der Waals surface area contributed by atoms with Crippen molar-refractivity contribution in [1.29, 1.82) is 5.26 Å². The molecule has 3 aromatic rings. The number of nitrogens with one attached hydrogen (secondary N) is 1. The summed E-state index contributed by atoms with van der Waals surface area (Å²) in [6, 6.07) is 17.7. The van der Waals surface area contributed by atoms with E-state index >= 15 is 0 Å². The van der Waals surface area contributed by atoms with Crippen LogP contribution >= 0.6 is 23.2 Å². The Bertz CT molecular complexity index is 1220. The zero-order valence-corrected chi connectivity index (χ0v) is 18.4. The van der Waals surface area contributed by atoms with Gasteiger partial charge in [0.05, 0.1) is 22.8 Å².